The quantitative estimate of drug-likeness (QED) is 0.212. The standard InChI is InChI=1S/C25H33N5O6S/c1-3-35-20(31)12-10-18(24(34)36-4-2)27-22(32)19-11-9-16(37-19)8-6-5-7-14-30-15-13-17-21(30)23(33)29-25(26)28-17/h9,11,13,15,18H,3-8,10,12,14H2,1-2H3,(H,27,32)(H3,26,28,29,33)/t18-/m0/s1. The minimum absolute atomic E-state index is 0.00501. The second kappa shape index (κ2) is 13.6. The van der Waals surface area contributed by atoms with Crippen molar-refractivity contribution in [1.82, 2.24) is 19.9 Å². The summed E-state index contributed by atoms with van der Waals surface area (Å²) in [5.41, 5.74) is 6.45. The van der Waals surface area contributed by atoms with Gasteiger partial charge in [-0.15, -0.1) is 11.3 Å². The zero-order chi connectivity index (χ0) is 26.8. The van der Waals surface area contributed by atoms with Crippen LogP contribution in [0.25, 0.3) is 11.0 Å². The molecule has 1 atom stereocenters. The average molecular weight is 532 g/mol. The van der Waals surface area contributed by atoms with Crippen molar-refractivity contribution in [2.45, 2.75) is 65.0 Å². The predicted molar refractivity (Wildman–Crippen MR) is 140 cm³/mol. The van der Waals surface area contributed by atoms with Gasteiger partial charge in [-0.1, -0.05) is 6.42 Å². The molecular weight excluding hydrogens is 498 g/mol. The minimum Gasteiger partial charge on any atom is -0.466 e. The highest BCUT2D eigenvalue weighted by Crippen LogP contribution is 2.20. The minimum atomic E-state index is -0.925. The number of carbonyl (C=O) groups is 3. The number of anilines is 1. The van der Waals surface area contributed by atoms with E-state index in [1.54, 1.807) is 26.0 Å². The zero-order valence-corrected chi connectivity index (χ0v) is 21.9. The van der Waals surface area contributed by atoms with Crippen molar-refractivity contribution >= 4 is 46.2 Å². The Morgan fingerprint density at radius 1 is 1.14 bits per heavy atom. The number of carbonyl (C=O) groups excluding carboxylic acids is 3. The molecule has 12 heteroatoms. The summed E-state index contributed by atoms with van der Waals surface area (Å²) in [6.45, 7) is 4.51. The van der Waals surface area contributed by atoms with E-state index in [0.29, 0.717) is 22.5 Å². The lowest BCUT2D eigenvalue weighted by atomic mass is 10.1. The number of esters is 2. The number of nitrogen functional groups attached to an aromatic ring is 1. The van der Waals surface area contributed by atoms with E-state index in [4.69, 9.17) is 15.2 Å². The summed E-state index contributed by atoms with van der Waals surface area (Å²) in [6.07, 6.45) is 5.51. The van der Waals surface area contributed by atoms with E-state index in [9.17, 15) is 19.2 Å². The van der Waals surface area contributed by atoms with Crippen LogP contribution in [0.1, 0.15) is 60.5 Å². The van der Waals surface area contributed by atoms with Crippen molar-refractivity contribution in [2.75, 3.05) is 18.9 Å². The monoisotopic (exact) mass is 531 g/mol. The number of nitrogens with zero attached hydrogens (tertiary/aromatic N) is 2. The highest BCUT2D eigenvalue weighted by atomic mass is 32.1. The SMILES string of the molecule is CCOC(=O)CC[C@H](NC(=O)c1ccc(CCCCCn2ccc3nc(N)[nH]c(=O)c32)s1)C(=O)OCC. The Bertz CT molecular complexity index is 1280. The fraction of sp³-hybridized carbons (Fsp3) is 0.480. The number of ether oxygens (including phenoxy) is 2. The van der Waals surface area contributed by atoms with E-state index < -0.39 is 18.0 Å². The van der Waals surface area contributed by atoms with Crippen LogP contribution in [0, 0.1) is 0 Å². The topological polar surface area (TPSA) is 158 Å². The Labute approximate surface area is 218 Å². The summed E-state index contributed by atoms with van der Waals surface area (Å²) in [6, 6.07) is 4.50. The summed E-state index contributed by atoms with van der Waals surface area (Å²) < 4.78 is 11.8. The maximum Gasteiger partial charge on any atom is 0.328 e. The third-order valence-corrected chi connectivity index (χ3v) is 6.81. The molecule has 0 bridgehead atoms. The van der Waals surface area contributed by atoms with E-state index in [0.717, 1.165) is 30.6 Å². The molecule has 3 aromatic heterocycles. The lowest BCUT2D eigenvalue weighted by Crippen LogP contribution is -2.42. The molecular formula is C25H33N5O6S. The van der Waals surface area contributed by atoms with Crippen LogP contribution in [0.4, 0.5) is 5.95 Å². The first-order valence-electron chi connectivity index (χ1n) is 12.4. The Morgan fingerprint density at radius 2 is 1.92 bits per heavy atom. The van der Waals surface area contributed by atoms with Crippen LogP contribution in [-0.2, 0) is 32.0 Å². The van der Waals surface area contributed by atoms with E-state index in [1.807, 2.05) is 16.8 Å². The van der Waals surface area contributed by atoms with E-state index in [-0.39, 0.29) is 43.5 Å². The molecule has 0 aliphatic carbocycles. The number of fused-ring (bicyclic) bond motifs is 1. The number of aromatic nitrogens is 3. The van der Waals surface area contributed by atoms with Crippen LogP contribution in [0.2, 0.25) is 0 Å². The van der Waals surface area contributed by atoms with Gasteiger partial charge in [0.05, 0.1) is 23.6 Å². The molecule has 3 heterocycles. The predicted octanol–water partition coefficient (Wildman–Crippen LogP) is 2.79. The van der Waals surface area contributed by atoms with Gasteiger partial charge in [-0.25, -0.2) is 9.78 Å². The van der Waals surface area contributed by atoms with E-state index in [1.165, 1.54) is 11.3 Å². The van der Waals surface area contributed by atoms with Crippen molar-refractivity contribution < 1.29 is 23.9 Å². The van der Waals surface area contributed by atoms with Gasteiger partial charge in [0, 0.05) is 24.0 Å². The zero-order valence-electron chi connectivity index (χ0n) is 21.1. The third-order valence-electron chi connectivity index (χ3n) is 5.67. The Balaban J connectivity index is 1.47. The van der Waals surface area contributed by atoms with Crippen molar-refractivity contribution in [3.63, 3.8) is 0 Å². The second-order valence-electron chi connectivity index (χ2n) is 8.39. The highest BCUT2D eigenvalue weighted by Gasteiger charge is 2.24. The number of H-pyrrole nitrogens is 1. The first-order valence-corrected chi connectivity index (χ1v) is 13.2. The number of unbranched alkanes of at least 4 members (excludes halogenated alkanes) is 2. The Hall–Kier alpha value is -3.67. The van der Waals surface area contributed by atoms with Gasteiger partial charge in [-0.3, -0.25) is 19.4 Å². The number of amides is 1. The first-order chi connectivity index (χ1) is 17.8. The molecule has 0 saturated carbocycles. The van der Waals surface area contributed by atoms with E-state index in [2.05, 4.69) is 15.3 Å². The molecule has 0 aliphatic heterocycles. The van der Waals surface area contributed by atoms with Crippen LogP contribution in [0.15, 0.2) is 29.2 Å². The van der Waals surface area contributed by atoms with Crippen molar-refractivity contribution in [3.8, 4) is 0 Å². The molecule has 0 radical (unpaired) electrons. The third kappa shape index (κ3) is 7.91. The summed E-state index contributed by atoms with van der Waals surface area (Å²) in [5.74, 6) is -1.28. The number of aryl methyl sites for hydroxylation is 2. The number of hydrogen-bond donors (Lipinski definition) is 3. The number of aromatic amines is 1. The van der Waals surface area contributed by atoms with Gasteiger partial charge < -0.3 is 25.1 Å². The molecule has 0 unspecified atom stereocenters. The normalized spacial score (nSPS) is 11.8. The van der Waals surface area contributed by atoms with Crippen LogP contribution in [0.3, 0.4) is 0 Å². The van der Waals surface area contributed by atoms with Gasteiger partial charge >= 0.3 is 11.9 Å². The van der Waals surface area contributed by atoms with Gasteiger partial charge in [0.15, 0.2) is 0 Å². The fourth-order valence-electron chi connectivity index (χ4n) is 3.93. The molecule has 37 heavy (non-hydrogen) atoms. The van der Waals surface area contributed by atoms with Crippen molar-refractivity contribution in [3.05, 3.63) is 44.5 Å². The number of hydrogen-bond acceptors (Lipinski definition) is 9. The molecule has 0 spiro atoms. The van der Waals surface area contributed by atoms with Gasteiger partial charge in [0.25, 0.3) is 11.5 Å². The molecule has 0 saturated heterocycles. The Morgan fingerprint density at radius 3 is 2.68 bits per heavy atom. The molecule has 0 aromatic carbocycles. The fourth-order valence-corrected chi connectivity index (χ4v) is 4.88. The smallest absolute Gasteiger partial charge is 0.328 e. The molecule has 1 amide bonds. The first kappa shape index (κ1) is 27.9. The van der Waals surface area contributed by atoms with Gasteiger partial charge in [0.1, 0.15) is 11.6 Å². The van der Waals surface area contributed by atoms with Crippen molar-refractivity contribution in [1.29, 1.82) is 0 Å². The van der Waals surface area contributed by atoms with Gasteiger partial charge in [-0.05, 0) is 57.7 Å². The van der Waals surface area contributed by atoms with Crippen molar-refractivity contribution in [2.24, 2.45) is 0 Å². The van der Waals surface area contributed by atoms with Crippen LogP contribution in [-0.4, -0.2) is 51.6 Å². The number of nitrogens with one attached hydrogen (secondary N) is 2. The van der Waals surface area contributed by atoms with E-state index >= 15 is 0 Å². The molecule has 200 valence electrons. The van der Waals surface area contributed by atoms with Crippen LogP contribution in [0.5, 0.6) is 0 Å². The van der Waals surface area contributed by atoms with Gasteiger partial charge in [-0.2, -0.15) is 0 Å². The molecule has 3 rings (SSSR count). The molecule has 0 fully saturated rings. The highest BCUT2D eigenvalue weighted by molar-refractivity contribution is 7.14. The largest absolute Gasteiger partial charge is 0.466 e. The lowest BCUT2D eigenvalue weighted by Gasteiger charge is -2.16. The average Bonchev–Trinajstić information content (AvgIpc) is 3.49. The summed E-state index contributed by atoms with van der Waals surface area (Å²) >= 11 is 1.37. The molecule has 3 aromatic rings. The maximum atomic E-state index is 12.7. The van der Waals surface area contributed by atoms with Gasteiger partial charge in [0.2, 0.25) is 5.95 Å². The van der Waals surface area contributed by atoms with Crippen LogP contribution < -0.4 is 16.6 Å². The number of rotatable bonds is 14. The lowest BCUT2D eigenvalue weighted by molar-refractivity contribution is -0.146. The maximum absolute atomic E-state index is 12.7. The summed E-state index contributed by atoms with van der Waals surface area (Å²) in [5, 5.41) is 2.69. The summed E-state index contributed by atoms with van der Waals surface area (Å²) in [4.78, 5) is 57.1. The number of nitrogens with two attached hydrogens (primary N) is 1. The number of thiophene rings is 1. The molecule has 0 aliphatic rings. The molecule has 11 nitrogen and oxygen atoms in total. The molecule has 4 N–H and O–H groups in total. The second-order valence-corrected chi connectivity index (χ2v) is 9.56. The Kier molecular flexibility index (Phi) is 10.2. The summed E-state index contributed by atoms with van der Waals surface area (Å²) in [7, 11) is 0. The van der Waals surface area contributed by atoms with Crippen LogP contribution >= 0.6 is 11.3 Å².